The number of nitrogens with one attached hydrogen (secondary N) is 1. The summed E-state index contributed by atoms with van der Waals surface area (Å²) in [7, 11) is 1.91. The van der Waals surface area contributed by atoms with Gasteiger partial charge in [0.15, 0.2) is 0 Å². The highest BCUT2D eigenvalue weighted by Crippen LogP contribution is 2.25. The summed E-state index contributed by atoms with van der Waals surface area (Å²) in [5.74, 6) is 0. The van der Waals surface area contributed by atoms with Crippen molar-refractivity contribution in [3.05, 3.63) is 34.9 Å². The van der Waals surface area contributed by atoms with Crippen LogP contribution in [0.25, 0.3) is 0 Å². The number of likely N-dealkylation sites (N-methyl/N-ethyl adjacent to an activating group) is 1. The zero-order valence-corrected chi connectivity index (χ0v) is 10.2. The van der Waals surface area contributed by atoms with Gasteiger partial charge in [0.2, 0.25) is 0 Å². The maximum absolute atomic E-state index is 6.13. The van der Waals surface area contributed by atoms with Crippen LogP contribution in [0.3, 0.4) is 0 Å². The van der Waals surface area contributed by atoms with Crippen LogP contribution in [0.1, 0.15) is 25.5 Å². The van der Waals surface area contributed by atoms with Gasteiger partial charge in [0.25, 0.3) is 0 Å². The summed E-state index contributed by atoms with van der Waals surface area (Å²) in [6, 6.07) is 7.81. The molecule has 1 aromatic carbocycles. The lowest BCUT2D eigenvalue weighted by Crippen LogP contribution is -2.22. The minimum Gasteiger partial charge on any atom is -0.369 e. The van der Waals surface area contributed by atoms with E-state index in [1.165, 1.54) is 0 Å². The van der Waals surface area contributed by atoms with Crippen LogP contribution in [0, 0.1) is 0 Å². The Labute approximate surface area is 96.6 Å². The van der Waals surface area contributed by atoms with Gasteiger partial charge in [0.05, 0.1) is 12.2 Å². The molecule has 0 aromatic heterocycles. The number of rotatable bonds is 5. The average molecular weight is 228 g/mol. The highest BCUT2D eigenvalue weighted by Gasteiger charge is 2.15. The van der Waals surface area contributed by atoms with Gasteiger partial charge in [-0.2, -0.15) is 0 Å². The molecule has 0 fully saturated rings. The van der Waals surface area contributed by atoms with Crippen LogP contribution in [0.2, 0.25) is 5.02 Å². The Bertz CT molecular complexity index is 301. The SMILES string of the molecule is CNCC(OC(C)C)c1ccccc1Cl. The lowest BCUT2D eigenvalue weighted by atomic mass is 10.1. The van der Waals surface area contributed by atoms with Crippen molar-refractivity contribution in [2.75, 3.05) is 13.6 Å². The van der Waals surface area contributed by atoms with Gasteiger partial charge in [-0.15, -0.1) is 0 Å². The van der Waals surface area contributed by atoms with Crippen LogP contribution in [-0.4, -0.2) is 19.7 Å². The Morgan fingerprint density at radius 1 is 1.33 bits per heavy atom. The van der Waals surface area contributed by atoms with E-state index >= 15 is 0 Å². The fourth-order valence-corrected chi connectivity index (χ4v) is 1.74. The molecule has 84 valence electrons. The number of halogens is 1. The zero-order valence-electron chi connectivity index (χ0n) is 9.46. The first-order valence-corrected chi connectivity index (χ1v) is 5.57. The molecule has 1 N–H and O–H groups in total. The third-order valence-corrected chi connectivity index (χ3v) is 2.42. The molecule has 15 heavy (non-hydrogen) atoms. The Hall–Kier alpha value is -0.570. The van der Waals surface area contributed by atoms with Crippen LogP contribution in [0.15, 0.2) is 24.3 Å². The fraction of sp³-hybridized carbons (Fsp3) is 0.500. The lowest BCUT2D eigenvalue weighted by Gasteiger charge is -2.21. The molecule has 0 bridgehead atoms. The molecule has 1 aromatic rings. The Balaban J connectivity index is 2.83. The average Bonchev–Trinajstić information content (AvgIpc) is 2.17. The number of benzene rings is 1. The zero-order chi connectivity index (χ0) is 11.3. The van der Waals surface area contributed by atoms with Gasteiger partial charge >= 0.3 is 0 Å². The largest absolute Gasteiger partial charge is 0.369 e. The molecule has 0 radical (unpaired) electrons. The molecule has 0 aliphatic rings. The first-order chi connectivity index (χ1) is 7.15. The van der Waals surface area contributed by atoms with Crippen molar-refractivity contribution in [1.29, 1.82) is 0 Å². The van der Waals surface area contributed by atoms with Gasteiger partial charge in [-0.1, -0.05) is 29.8 Å². The van der Waals surface area contributed by atoms with Crippen molar-refractivity contribution in [2.24, 2.45) is 0 Å². The molecule has 0 spiro atoms. The number of hydrogen-bond acceptors (Lipinski definition) is 2. The van der Waals surface area contributed by atoms with Crippen LogP contribution >= 0.6 is 11.6 Å². The van der Waals surface area contributed by atoms with Gasteiger partial charge < -0.3 is 10.1 Å². The van der Waals surface area contributed by atoms with Gasteiger partial charge in [-0.05, 0) is 27.0 Å². The summed E-state index contributed by atoms with van der Waals surface area (Å²) in [6.07, 6.45) is 0.211. The molecule has 0 aliphatic heterocycles. The summed E-state index contributed by atoms with van der Waals surface area (Å²) in [5.41, 5.74) is 1.04. The molecule has 2 nitrogen and oxygen atoms in total. The Morgan fingerprint density at radius 2 is 2.00 bits per heavy atom. The predicted molar refractivity (Wildman–Crippen MR) is 64.3 cm³/mol. The monoisotopic (exact) mass is 227 g/mol. The molecule has 1 rings (SSSR count). The summed E-state index contributed by atoms with van der Waals surface area (Å²) in [4.78, 5) is 0. The molecular formula is C12H18ClNO. The lowest BCUT2D eigenvalue weighted by molar-refractivity contribution is 0.00820. The molecular weight excluding hydrogens is 210 g/mol. The molecule has 0 saturated carbocycles. The van der Waals surface area contributed by atoms with E-state index in [-0.39, 0.29) is 12.2 Å². The van der Waals surface area contributed by atoms with Crippen molar-refractivity contribution in [3.63, 3.8) is 0 Å². The van der Waals surface area contributed by atoms with E-state index in [1.54, 1.807) is 0 Å². The molecule has 0 aliphatic carbocycles. The quantitative estimate of drug-likeness (QED) is 0.835. The van der Waals surface area contributed by atoms with E-state index in [0.717, 1.165) is 17.1 Å². The van der Waals surface area contributed by atoms with Crippen LogP contribution in [-0.2, 0) is 4.74 Å². The second-order valence-electron chi connectivity index (χ2n) is 3.75. The maximum atomic E-state index is 6.13. The van der Waals surface area contributed by atoms with E-state index < -0.39 is 0 Å². The van der Waals surface area contributed by atoms with Crippen molar-refractivity contribution in [3.8, 4) is 0 Å². The highest BCUT2D eigenvalue weighted by atomic mass is 35.5. The standard InChI is InChI=1S/C12H18ClNO/c1-9(2)15-12(8-14-3)10-6-4-5-7-11(10)13/h4-7,9,12,14H,8H2,1-3H3. The van der Waals surface area contributed by atoms with Gasteiger partial charge in [0, 0.05) is 17.1 Å². The van der Waals surface area contributed by atoms with E-state index in [9.17, 15) is 0 Å². The number of hydrogen-bond donors (Lipinski definition) is 1. The molecule has 3 heteroatoms. The molecule has 1 unspecified atom stereocenters. The Morgan fingerprint density at radius 3 is 2.53 bits per heavy atom. The van der Waals surface area contributed by atoms with Crippen LogP contribution in [0.4, 0.5) is 0 Å². The third kappa shape index (κ3) is 3.82. The van der Waals surface area contributed by atoms with Gasteiger partial charge in [-0.3, -0.25) is 0 Å². The van der Waals surface area contributed by atoms with Crippen LogP contribution < -0.4 is 5.32 Å². The summed E-state index contributed by atoms with van der Waals surface area (Å²) in [5, 5.41) is 3.88. The van der Waals surface area contributed by atoms with E-state index in [0.29, 0.717) is 0 Å². The van der Waals surface area contributed by atoms with Crippen LogP contribution in [0.5, 0.6) is 0 Å². The highest BCUT2D eigenvalue weighted by molar-refractivity contribution is 6.31. The second-order valence-corrected chi connectivity index (χ2v) is 4.16. The van der Waals surface area contributed by atoms with Crippen molar-refractivity contribution in [1.82, 2.24) is 5.32 Å². The molecule has 1 atom stereocenters. The number of ether oxygens (including phenoxy) is 1. The maximum Gasteiger partial charge on any atom is 0.0966 e. The summed E-state index contributed by atoms with van der Waals surface area (Å²) < 4.78 is 5.81. The van der Waals surface area contributed by atoms with Crippen molar-refractivity contribution < 1.29 is 4.74 Å². The first-order valence-electron chi connectivity index (χ1n) is 5.19. The Kier molecular flexibility index (Phi) is 5.09. The summed E-state index contributed by atoms with van der Waals surface area (Å²) >= 11 is 6.13. The topological polar surface area (TPSA) is 21.3 Å². The van der Waals surface area contributed by atoms with E-state index in [4.69, 9.17) is 16.3 Å². The van der Waals surface area contributed by atoms with E-state index in [1.807, 2.05) is 45.2 Å². The first kappa shape index (κ1) is 12.5. The molecule has 0 saturated heterocycles. The molecule has 0 heterocycles. The predicted octanol–water partition coefficient (Wildman–Crippen LogP) is 3.03. The second kappa shape index (κ2) is 6.11. The minimum absolute atomic E-state index is 0.0173. The smallest absolute Gasteiger partial charge is 0.0966 e. The summed E-state index contributed by atoms with van der Waals surface area (Å²) in [6.45, 7) is 4.82. The molecule has 0 amide bonds. The fourth-order valence-electron chi connectivity index (χ4n) is 1.48. The van der Waals surface area contributed by atoms with Crippen molar-refractivity contribution in [2.45, 2.75) is 26.1 Å². The van der Waals surface area contributed by atoms with Crippen molar-refractivity contribution >= 4 is 11.6 Å². The van der Waals surface area contributed by atoms with Gasteiger partial charge in [0.1, 0.15) is 0 Å². The van der Waals surface area contributed by atoms with E-state index in [2.05, 4.69) is 5.32 Å². The third-order valence-electron chi connectivity index (χ3n) is 2.08. The van der Waals surface area contributed by atoms with Gasteiger partial charge in [-0.25, -0.2) is 0 Å². The normalized spacial score (nSPS) is 13.1. The minimum atomic E-state index is 0.0173.